The number of aromatic carboxylic acids is 1. The number of esters is 1. The lowest BCUT2D eigenvalue weighted by atomic mass is 10.3. The predicted octanol–water partition coefficient (Wildman–Crippen LogP) is 1.34. The third-order valence-corrected chi connectivity index (χ3v) is 2.65. The van der Waals surface area contributed by atoms with Crippen molar-refractivity contribution in [3.63, 3.8) is 0 Å². The molecule has 92 valence electrons. The lowest BCUT2D eigenvalue weighted by Gasteiger charge is -2.04. The first kappa shape index (κ1) is 13.2. The van der Waals surface area contributed by atoms with Gasteiger partial charge in [0.25, 0.3) is 0 Å². The normalized spacial score (nSPS) is 9.71. The maximum absolute atomic E-state index is 11.4. The number of nitrogens with one attached hydrogen (secondary N) is 1. The number of hydrogen-bond donors (Lipinski definition) is 2. The van der Waals surface area contributed by atoms with Crippen molar-refractivity contribution in [3.8, 4) is 0 Å². The van der Waals surface area contributed by atoms with Gasteiger partial charge in [-0.1, -0.05) is 0 Å². The Morgan fingerprint density at radius 3 is 2.76 bits per heavy atom. The van der Waals surface area contributed by atoms with Crippen LogP contribution in [0.15, 0.2) is 11.4 Å². The highest BCUT2D eigenvalue weighted by atomic mass is 32.1. The lowest BCUT2D eigenvalue weighted by molar-refractivity contribution is -0.145. The molecule has 1 aromatic heterocycles. The maximum atomic E-state index is 11.4. The van der Waals surface area contributed by atoms with Crippen LogP contribution in [0.4, 0.5) is 5.69 Å². The number of rotatable bonds is 5. The number of ether oxygens (including phenoxy) is 1. The zero-order valence-electron chi connectivity index (χ0n) is 9.06. The van der Waals surface area contributed by atoms with Gasteiger partial charge in [0, 0.05) is 0 Å². The van der Waals surface area contributed by atoms with Crippen LogP contribution in [0.3, 0.4) is 0 Å². The molecule has 7 heteroatoms. The molecule has 0 saturated carbocycles. The summed E-state index contributed by atoms with van der Waals surface area (Å²) in [5.41, 5.74) is 0.191. The third kappa shape index (κ3) is 3.87. The van der Waals surface area contributed by atoms with Crippen LogP contribution in [0.2, 0.25) is 0 Å². The summed E-state index contributed by atoms with van der Waals surface area (Å²) < 4.78 is 4.60. The third-order valence-electron chi connectivity index (χ3n) is 1.74. The van der Waals surface area contributed by atoms with Gasteiger partial charge in [-0.05, 0) is 18.4 Å². The van der Waals surface area contributed by atoms with Crippen molar-refractivity contribution >= 4 is 34.9 Å². The fourth-order valence-corrected chi connectivity index (χ4v) is 1.80. The van der Waals surface area contributed by atoms with Crippen LogP contribution in [0.25, 0.3) is 0 Å². The summed E-state index contributed by atoms with van der Waals surface area (Å²) in [7, 11) is 0. The van der Waals surface area contributed by atoms with Gasteiger partial charge in [0.1, 0.15) is 11.3 Å². The molecule has 1 rings (SSSR count). The molecule has 0 unspecified atom stereocenters. The number of hydrogen-bond acceptors (Lipinski definition) is 5. The first-order valence-electron chi connectivity index (χ1n) is 4.80. The van der Waals surface area contributed by atoms with E-state index in [1.807, 2.05) is 0 Å². The fourth-order valence-electron chi connectivity index (χ4n) is 1.11. The first-order chi connectivity index (χ1) is 8.04. The average Bonchev–Trinajstić information content (AvgIpc) is 2.65. The Kier molecular flexibility index (Phi) is 4.65. The summed E-state index contributed by atoms with van der Waals surface area (Å²) in [5.74, 6) is -2.35. The molecule has 0 bridgehead atoms. The summed E-state index contributed by atoms with van der Waals surface area (Å²) in [6.07, 6.45) is -0.428. The molecule has 0 fully saturated rings. The summed E-state index contributed by atoms with van der Waals surface area (Å²) in [5, 5.41) is 12.7. The molecule has 0 atom stereocenters. The van der Waals surface area contributed by atoms with Gasteiger partial charge in [-0.3, -0.25) is 9.59 Å². The van der Waals surface area contributed by atoms with Crippen LogP contribution in [-0.4, -0.2) is 29.6 Å². The van der Waals surface area contributed by atoms with Crippen molar-refractivity contribution in [2.45, 2.75) is 13.3 Å². The quantitative estimate of drug-likeness (QED) is 0.613. The molecule has 1 heterocycles. The molecule has 0 aromatic carbocycles. The standard InChI is InChI=1S/C10H11NO5S/c1-2-16-8(13)5-7(12)11-6-3-4-17-9(6)10(14)15/h3-4H,2,5H2,1H3,(H,11,12)(H,14,15). The monoisotopic (exact) mass is 257 g/mol. The van der Waals surface area contributed by atoms with Crippen molar-refractivity contribution in [2.24, 2.45) is 0 Å². The van der Waals surface area contributed by atoms with Crippen LogP contribution < -0.4 is 5.32 Å². The van der Waals surface area contributed by atoms with Gasteiger partial charge >= 0.3 is 11.9 Å². The minimum atomic E-state index is -1.12. The van der Waals surface area contributed by atoms with Crippen LogP contribution in [0.5, 0.6) is 0 Å². The van der Waals surface area contributed by atoms with Crippen LogP contribution in [0, 0.1) is 0 Å². The lowest BCUT2D eigenvalue weighted by Crippen LogP contribution is -2.18. The maximum Gasteiger partial charge on any atom is 0.348 e. The van der Waals surface area contributed by atoms with E-state index in [0.29, 0.717) is 0 Å². The predicted molar refractivity (Wildman–Crippen MR) is 61.2 cm³/mol. The molecule has 0 radical (unpaired) electrons. The summed E-state index contributed by atoms with van der Waals surface area (Å²) in [6, 6.07) is 1.47. The Morgan fingerprint density at radius 1 is 1.47 bits per heavy atom. The number of anilines is 1. The molecule has 1 amide bonds. The van der Waals surface area contributed by atoms with E-state index < -0.39 is 24.3 Å². The van der Waals surface area contributed by atoms with E-state index in [1.165, 1.54) is 6.07 Å². The minimum Gasteiger partial charge on any atom is -0.477 e. The van der Waals surface area contributed by atoms with Crippen LogP contribution in [0.1, 0.15) is 23.0 Å². The topological polar surface area (TPSA) is 92.7 Å². The van der Waals surface area contributed by atoms with Crippen molar-refractivity contribution < 1.29 is 24.2 Å². The van der Waals surface area contributed by atoms with Crippen LogP contribution in [-0.2, 0) is 14.3 Å². The summed E-state index contributed by atoms with van der Waals surface area (Å²) >= 11 is 0.998. The van der Waals surface area contributed by atoms with E-state index in [1.54, 1.807) is 12.3 Å². The number of amides is 1. The van der Waals surface area contributed by atoms with E-state index in [4.69, 9.17) is 5.11 Å². The Balaban J connectivity index is 2.59. The molecule has 0 saturated heterocycles. The van der Waals surface area contributed by atoms with E-state index in [9.17, 15) is 14.4 Å². The van der Waals surface area contributed by atoms with E-state index in [-0.39, 0.29) is 17.2 Å². The van der Waals surface area contributed by atoms with Crippen molar-refractivity contribution in [3.05, 3.63) is 16.3 Å². The fraction of sp³-hybridized carbons (Fsp3) is 0.300. The molecule has 6 nitrogen and oxygen atoms in total. The van der Waals surface area contributed by atoms with Crippen molar-refractivity contribution in [1.82, 2.24) is 0 Å². The van der Waals surface area contributed by atoms with Gasteiger partial charge in [0.2, 0.25) is 5.91 Å². The number of thiophene rings is 1. The van der Waals surface area contributed by atoms with Gasteiger partial charge in [-0.15, -0.1) is 11.3 Å². The zero-order valence-corrected chi connectivity index (χ0v) is 9.87. The minimum absolute atomic E-state index is 0.0298. The van der Waals surface area contributed by atoms with Gasteiger partial charge < -0.3 is 15.2 Å². The molecular formula is C10H11NO5S. The largest absolute Gasteiger partial charge is 0.477 e. The van der Waals surface area contributed by atoms with Gasteiger partial charge in [-0.2, -0.15) is 0 Å². The van der Waals surface area contributed by atoms with Gasteiger partial charge in [-0.25, -0.2) is 4.79 Å². The molecule has 17 heavy (non-hydrogen) atoms. The molecular weight excluding hydrogens is 246 g/mol. The van der Waals surface area contributed by atoms with Crippen molar-refractivity contribution in [1.29, 1.82) is 0 Å². The highest BCUT2D eigenvalue weighted by Crippen LogP contribution is 2.22. The molecule has 0 aliphatic rings. The van der Waals surface area contributed by atoms with E-state index >= 15 is 0 Å². The second-order valence-corrected chi connectivity index (χ2v) is 3.91. The van der Waals surface area contributed by atoms with Crippen molar-refractivity contribution in [2.75, 3.05) is 11.9 Å². The highest BCUT2D eigenvalue weighted by molar-refractivity contribution is 7.12. The molecule has 0 spiro atoms. The Bertz CT molecular complexity index is 440. The van der Waals surface area contributed by atoms with Gasteiger partial charge in [0.05, 0.1) is 12.3 Å². The summed E-state index contributed by atoms with van der Waals surface area (Å²) in [6.45, 7) is 1.84. The number of carboxylic acids is 1. The zero-order chi connectivity index (χ0) is 12.8. The van der Waals surface area contributed by atoms with E-state index in [2.05, 4.69) is 10.1 Å². The number of carboxylic acid groups (broad SMARTS) is 1. The molecule has 2 N–H and O–H groups in total. The molecule has 0 aliphatic carbocycles. The van der Waals surface area contributed by atoms with E-state index in [0.717, 1.165) is 11.3 Å². The Hall–Kier alpha value is -1.89. The average molecular weight is 257 g/mol. The second-order valence-electron chi connectivity index (χ2n) is 3.00. The summed E-state index contributed by atoms with van der Waals surface area (Å²) in [4.78, 5) is 33.2. The molecule has 1 aromatic rings. The first-order valence-corrected chi connectivity index (χ1v) is 5.68. The SMILES string of the molecule is CCOC(=O)CC(=O)Nc1ccsc1C(=O)O. The smallest absolute Gasteiger partial charge is 0.348 e. The Labute approximate surface area is 101 Å². The molecule has 0 aliphatic heterocycles. The number of carbonyl (C=O) groups excluding carboxylic acids is 2. The Morgan fingerprint density at radius 2 is 2.18 bits per heavy atom. The van der Waals surface area contributed by atoms with Gasteiger partial charge in [0.15, 0.2) is 0 Å². The van der Waals surface area contributed by atoms with Crippen LogP contribution >= 0.6 is 11.3 Å². The second kappa shape index (κ2) is 6.00. The number of carbonyl (C=O) groups is 3. The highest BCUT2D eigenvalue weighted by Gasteiger charge is 2.16.